The summed E-state index contributed by atoms with van der Waals surface area (Å²) in [4.78, 5) is 11.4. The largest absolute Gasteiger partial charge is 0.369 e. The molecule has 1 unspecified atom stereocenters. The van der Waals surface area contributed by atoms with Crippen LogP contribution in [0.15, 0.2) is 6.20 Å². The van der Waals surface area contributed by atoms with E-state index < -0.39 is 31.5 Å². The van der Waals surface area contributed by atoms with Gasteiger partial charge in [0, 0.05) is 32.3 Å². The average molecular weight is 214 g/mol. The van der Waals surface area contributed by atoms with Crippen molar-refractivity contribution in [3.05, 3.63) is 17.5 Å². The lowest BCUT2D eigenvalue weighted by Gasteiger charge is -2.21. The van der Waals surface area contributed by atoms with E-state index >= 15 is 0 Å². The molecule has 1 aromatic rings. The van der Waals surface area contributed by atoms with Crippen LogP contribution in [0.2, 0.25) is 0 Å². The van der Waals surface area contributed by atoms with E-state index in [-0.39, 0.29) is 12.1 Å². The van der Waals surface area contributed by atoms with Crippen molar-refractivity contribution in [2.75, 3.05) is 0 Å². The Balaban J connectivity index is 2.58. The molecule has 1 aliphatic carbocycles. The summed E-state index contributed by atoms with van der Waals surface area (Å²) in [5, 5.41) is 3.85. The first-order valence-electron chi connectivity index (χ1n) is 8.25. The van der Waals surface area contributed by atoms with Gasteiger partial charge >= 0.3 is 0 Å². The Bertz CT molecular complexity index is 575. The van der Waals surface area contributed by atoms with Crippen LogP contribution in [0.1, 0.15) is 47.0 Å². The van der Waals surface area contributed by atoms with Crippen LogP contribution in [-0.2, 0) is 17.6 Å². The zero-order valence-electron chi connectivity index (χ0n) is 15.2. The maximum Gasteiger partial charge on any atom is 0.220 e. The van der Waals surface area contributed by atoms with Crippen LogP contribution in [0.3, 0.4) is 0 Å². The molecule has 82 valence electrons. The third-order valence-electron chi connectivity index (χ3n) is 2.77. The number of hydrogen-bond donors (Lipinski definition) is 1. The van der Waals surface area contributed by atoms with Crippen molar-refractivity contribution in [2.45, 2.75) is 39.0 Å². The van der Waals surface area contributed by atoms with Crippen LogP contribution in [0.5, 0.6) is 0 Å². The first kappa shape index (κ1) is 4.68. The highest BCUT2D eigenvalue weighted by atomic mass is 16.1. The molecule has 4 nitrogen and oxygen atoms in total. The van der Waals surface area contributed by atoms with Crippen molar-refractivity contribution < 1.29 is 14.4 Å². The number of nitrogens with zero attached hydrogens (tertiary/aromatic N) is 2. The molecule has 15 heavy (non-hydrogen) atoms. The Morgan fingerprint density at radius 2 is 2.67 bits per heavy atom. The van der Waals surface area contributed by atoms with Crippen molar-refractivity contribution in [1.82, 2.24) is 9.78 Å². The summed E-state index contributed by atoms with van der Waals surface area (Å²) in [7, 11) is 0. The fraction of sp³-hybridized carbons (Fsp3) is 0.636. The number of carbonyl (C=O) groups excluding carboxylic acids is 1. The third kappa shape index (κ3) is 1.76. The van der Waals surface area contributed by atoms with E-state index in [0.717, 1.165) is 4.68 Å². The van der Waals surface area contributed by atoms with Gasteiger partial charge in [0.25, 0.3) is 0 Å². The van der Waals surface area contributed by atoms with Crippen LogP contribution < -0.4 is 5.73 Å². The Labute approximate surface area is 99.3 Å². The maximum absolute atomic E-state index is 11.4. The Hall–Kier alpha value is -1.32. The topological polar surface area (TPSA) is 60.9 Å². The third-order valence-corrected chi connectivity index (χ3v) is 2.77. The van der Waals surface area contributed by atoms with E-state index in [1.54, 1.807) is 0 Å². The summed E-state index contributed by atoms with van der Waals surface area (Å²) in [6.07, 6.45) is 2.41. The molecule has 0 saturated carbocycles. The van der Waals surface area contributed by atoms with Crippen LogP contribution >= 0.6 is 0 Å². The Morgan fingerprint density at radius 3 is 3.33 bits per heavy atom. The fourth-order valence-corrected chi connectivity index (χ4v) is 1.93. The quantitative estimate of drug-likeness (QED) is 0.800. The summed E-state index contributed by atoms with van der Waals surface area (Å²) in [6.45, 7) is -6.23. The van der Waals surface area contributed by atoms with E-state index in [0.29, 0.717) is 18.4 Å². The molecular weight excluding hydrogens is 190 g/mol. The van der Waals surface area contributed by atoms with Crippen molar-refractivity contribution in [3.63, 3.8) is 0 Å². The lowest BCUT2D eigenvalue weighted by molar-refractivity contribution is -0.122. The normalized spacial score (nSPS) is 29.6. The zero-order chi connectivity index (χ0) is 16.9. The van der Waals surface area contributed by atoms with Gasteiger partial charge in [-0.2, -0.15) is 5.10 Å². The molecule has 1 aromatic heterocycles. The lowest BCUT2D eigenvalue weighted by atomic mass is 9.87. The summed E-state index contributed by atoms with van der Waals surface area (Å²) in [5.41, 5.74) is 6.23. The van der Waals surface area contributed by atoms with Gasteiger partial charge in [-0.05, 0) is 32.1 Å². The number of fused-ring (bicyclic) bond motifs is 1. The Kier molecular flexibility index (Phi) is 1.15. The molecule has 1 heterocycles. The maximum atomic E-state index is 11.4. The van der Waals surface area contributed by atoms with Gasteiger partial charge in [-0.1, -0.05) is 0 Å². The van der Waals surface area contributed by atoms with Gasteiger partial charge in [0.05, 0.1) is 7.57 Å². The lowest BCUT2D eigenvalue weighted by Crippen LogP contribution is -2.29. The molecule has 0 bridgehead atoms. The van der Waals surface area contributed by atoms with Gasteiger partial charge in [-0.3, -0.25) is 9.48 Å². The number of aryl methyl sites for hydroxylation is 1. The average Bonchev–Trinajstić information content (AvgIpc) is 2.77. The highest BCUT2D eigenvalue weighted by molar-refractivity contribution is 5.77. The molecule has 1 atom stereocenters. The first-order chi connectivity index (χ1) is 9.89. The van der Waals surface area contributed by atoms with Crippen LogP contribution in [0.25, 0.3) is 0 Å². The van der Waals surface area contributed by atoms with E-state index in [4.69, 9.17) is 15.3 Å². The molecular formula is C11H17N3O. The molecule has 0 radical (unpaired) electrons. The van der Waals surface area contributed by atoms with Gasteiger partial charge in [0.15, 0.2) is 0 Å². The predicted octanol–water partition coefficient (Wildman–Crippen LogP) is 1.05. The zero-order valence-corrected chi connectivity index (χ0v) is 8.16. The molecule has 1 amide bonds. The monoisotopic (exact) mass is 214 g/mol. The molecule has 4 heteroatoms. The second-order valence-corrected chi connectivity index (χ2v) is 3.72. The van der Waals surface area contributed by atoms with Crippen molar-refractivity contribution >= 4 is 5.91 Å². The van der Waals surface area contributed by atoms with E-state index in [1.165, 1.54) is 6.20 Å². The SMILES string of the molecule is [2H]C([2H])([2H])C([2H])(n1ncc2c1CC(C(N)=O)CC2)C([2H])([2H])[2H]. The number of nitrogens with two attached hydrogens (primary N) is 1. The van der Waals surface area contributed by atoms with Crippen LogP contribution in [0.4, 0.5) is 0 Å². The number of primary amides is 1. The van der Waals surface area contributed by atoms with Gasteiger partial charge in [0.2, 0.25) is 5.91 Å². The molecule has 2 rings (SSSR count). The van der Waals surface area contributed by atoms with E-state index in [9.17, 15) is 4.79 Å². The molecule has 0 spiro atoms. The minimum atomic E-state index is -3.11. The molecule has 0 fully saturated rings. The number of hydrogen-bond acceptors (Lipinski definition) is 2. The van der Waals surface area contributed by atoms with Gasteiger partial charge in [-0.25, -0.2) is 0 Å². The van der Waals surface area contributed by atoms with Crippen molar-refractivity contribution in [3.8, 4) is 0 Å². The predicted molar refractivity (Wildman–Crippen MR) is 57.3 cm³/mol. The minimum Gasteiger partial charge on any atom is -0.369 e. The summed E-state index contributed by atoms with van der Waals surface area (Å²) < 4.78 is 53.9. The number of aromatic nitrogens is 2. The standard InChI is InChI=1S/C11H17N3O/c1-7(2)14-10-5-8(11(12)15)3-4-9(10)6-13-14/h6-8H,3-5H2,1-2H3,(H2,12,15)/i1D3,2D3,7D. The summed E-state index contributed by atoms with van der Waals surface area (Å²) in [5.74, 6) is -1.04. The molecule has 1 aliphatic rings. The van der Waals surface area contributed by atoms with E-state index in [2.05, 4.69) is 5.10 Å². The number of rotatable bonds is 2. The highest BCUT2D eigenvalue weighted by Gasteiger charge is 2.26. The first-order valence-corrected chi connectivity index (χ1v) is 4.75. The highest BCUT2D eigenvalue weighted by Crippen LogP contribution is 2.26. The summed E-state index contributed by atoms with van der Waals surface area (Å²) in [6, 6.07) is -2.91. The van der Waals surface area contributed by atoms with Crippen molar-refractivity contribution in [2.24, 2.45) is 11.7 Å². The second kappa shape index (κ2) is 3.68. The fourth-order valence-electron chi connectivity index (χ4n) is 1.93. The molecule has 0 saturated heterocycles. The van der Waals surface area contributed by atoms with Gasteiger partial charge in [-0.15, -0.1) is 0 Å². The summed E-state index contributed by atoms with van der Waals surface area (Å²) >= 11 is 0. The van der Waals surface area contributed by atoms with Gasteiger partial charge in [0.1, 0.15) is 0 Å². The minimum absolute atomic E-state index is 0.0947. The van der Waals surface area contributed by atoms with Crippen LogP contribution in [0, 0.1) is 5.92 Å². The molecule has 0 aromatic carbocycles. The molecule has 0 aliphatic heterocycles. The number of carbonyl (C=O) groups is 1. The van der Waals surface area contributed by atoms with Crippen LogP contribution in [-0.4, -0.2) is 15.7 Å². The Morgan fingerprint density at radius 1 is 1.87 bits per heavy atom. The molecule has 2 N–H and O–H groups in total. The van der Waals surface area contributed by atoms with Crippen molar-refractivity contribution in [1.29, 1.82) is 0 Å². The number of amides is 1. The smallest absolute Gasteiger partial charge is 0.220 e. The van der Waals surface area contributed by atoms with Gasteiger partial charge < -0.3 is 5.73 Å². The van der Waals surface area contributed by atoms with E-state index in [1.807, 2.05) is 0 Å². The second-order valence-electron chi connectivity index (χ2n) is 3.72.